The number of methoxy groups -OCH3 is 1. The molecule has 4 nitrogen and oxygen atoms in total. The summed E-state index contributed by atoms with van der Waals surface area (Å²) >= 11 is 0. The standard InChI is InChI=1S/C6H15NO3S/c1-7-6(4-10-2)5-11(3,8)9/h6-7H,4-5H2,1-3H3. The van der Waals surface area contributed by atoms with Crippen molar-refractivity contribution in [1.82, 2.24) is 5.32 Å². The van der Waals surface area contributed by atoms with Crippen molar-refractivity contribution in [1.29, 1.82) is 0 Å². The molecule has 0 aliphatic carbocycles. The van der Waals surface area contributed by atoms with Crippen LogP contribution in [0.1, 0.15) is 0 Å². The van der Waals surface area contributed by atoms with Crippen LogP contribution in [-0.4, -0.2) is 47.2 Å². The molecule has 0 rings (SSSR count). The second kappa shape index (κ2) is 4.69. The lowest BCUT2D eigenvalue weighted by Gasteiger charge is -2.12. The van der Waals surface area contributed by atoms with E-state index in [1.807, 2.05) is 0 Å². The number of hydrogen-bond acceptors (Lipinski definition) is 4. The molecule has 0 saturated heterocycles. The first-order chi connectivity index (χ1) is 4.99. The number of sulfone groups is 1. The number of nitrogens with one attached hydrogen (secondary N) is 1. The van der Waals surface area contributed by atoms with E-state index in [1.165, 1.54) is 6.26 Å². The summed E-state index contributed by atoms with van der Waals surface area (Å²) in [5.74, 6) is 0.122. The summed E-state index contributed by atoms with van der Waals surface area (Å²) in [6, 6.07) is -0.102. The van der Waals surface area contributed by atoms with E-state index in [-0.39, 0.29) is 11.8 Å². The van der Waals surface area contributed by atoms with Gasteiger partial charge in [0.05, 0.1) is 12.4 Å². The van der Waals surface area contributed by atoms with Gasteiger partial charge in [-0.05, 0) is 7.05 Å². The zero-order valence-electron chi connectivity index (χ0n) is 7.12. The van der Waals surface area contributed by atoms with Crippen molar-refractivity contribution in [2.75, 3.05) is 32.8 Å². The predicted molar refractivity (Wildman–Crippen MR) is 44.4 cm³/mol. The van der Waals surface area contributed by atoms with Crippen LogP contribution in [-0.2, 0) is 14.6 Å². The van der Waals surface area contributed by atoms with Gasteiger partial charge in [-0.2, -0.15) is 0 Å². The van der Waals surface area contributed by atoms with Crippen molar-refractivity contribution >= 4 is 9.84 Å². The maximum Gasteiger partial charge on any atom is 0.149 e. The van der Waals surface area contributed by atoms with Gasteiger partial charge >= 0.3 is 0 Å². The third-order valence-corrected chi connectivity index (χ3v) is 2.29. The Morgan fingerprint density at radius 1 is 1.55 bits per heavy atom. The van der Waals surface area contributed by atoms with E-state index in [0.717, 1.165) is 0 Å². The first-order valence-electron chi connectivity index (χ1n) is 3.33. The van der Waals surface area contributed by atoms with Crippen molar-refractivity contribution in [2.45, 2.75) is 6.04 Å². The zero-order valence-corrected chi connectivity index (χ0v) is 7.94. The fraction of sp³-hybridized carbons (Fsp3) is 1.00. The molecule has 0 spiro atoms. The van der Waals surface area contributed by atoms with Gasteiger partial charge in [0.25, 0.3) is 0 Å². The highest BCUT2D eigenvalue weighted by Gasteiger charge is 2.12. The van der Waals surface area contributed by atoms with Crippen molar-refractivity contribution in [2.24, 2.45) is 0 Å². The van der Waals surface area contributed by atoms with Crippen LogP contribution in [0, 0.1) is 0 Å². The average Bonchev–Trinajstić information content (AvgIpc) is 1.84. The Bertz CT molecular complexity index is 188. The average molecular weight is 181 g/mol. The molecule has 0 aromatic heterocycles. The van der Waals surface area contributed by atoms with Crippen molar-refractivity contribution in [3.63, 3.8) is 0 Å². The van der Waals surface area contributed by atoms with E-state index >= 15 is 0 Å². The van der Waals surface area contributed by atoms with Crippen molar-refractivity contribution < 1.29 is 13.2 Å². The summed E-state index contributed by atoms with van der Waals surface area (Å²) < 4.78 is 26.4. The van der Waals surface area contributed by atoms with E-state index in [0.29, 0.717) is 6.61 Å². The highest BCUT2D eigenvalue weighted by molar-refractivity contribution is 7.90. The first-order valence-corrected chi connectivity index (χ1v) is 5.39. The van der Waals surface area contributed by atoms with Crippen LogP contribution in [0.15, 0.2) is 0 Å². The van der Waals surface area contributed by atoms with Gasteiger partial charge in [-0.1, -0.05) is 0 Å². The van der Waals surface area contributed by atoms with Crippen LogP contribution in [0.2, 0.25) is 0 Å². The molecule has 0 saturated carbocycles. The van der Waals surface area contributed by atoms with Crippen molar-refractivity contribution in [3.8, 4) is 0 Å². The second-order valence-corrected chi connectivity index (χ2v) is 4.72. The summed E-state index contributed by atoms with van der Waals surface area (Å²) in [6.07, 6.45) is 1.22. The summed E-state index contributed by atoms with van der Waals surface area (Å²) in [6.45, 7) is 0.420. The monoisotopic (exact) mass is 181 g/mol. The van der Waals surface area contributed by atoms with Crippen LogP contribution >= 0.6 is 0 Å². The predicted octanol–water partition coefficient (Wildman–Crippen LogP) is -0.735. The van der Waals surface area contributed by atoms with Crippen molar-refractivity contribution in [3.05, 3.63) is 0 Å². The first kappa shape index (κ1) is 10.9. The molecule has 0 radical (unpaired) electrons. The quantitative estimate of drug-likeness (QED) is 0.607. The summed E-state index contributed by atoms with van der Waals surface area (Å²) in [5, 5.41) is 2.86. The highest BCUT2D eigenvalue weighted by Crippen LogP contribution is 1.90. The van der Waals surface area contributed by atoms with Crippen LogP contribution in [0.25, 0.3) is 0 Å². The lowest BCUT2D eigenvalue weighted by atomic mass is 10.4. The van der Waals surface area contributed by atoms with Gasteiger partial charge < -0.3 is 10.1 Å². The maximum absolute atomic E-state index is 10.8. The van der Waals surface area contributed by atoms with Crippen LogP contribution in [0.5, 0.6) is 0 Å². The Kier molecular flexibility index (Phi) is 4.63. The third-order valence-electron chi connectivity index (χ3n) is 1.28. The van der Waals surface area contributed by atoms with Gasteiger partial charge in [0.15, 0.2) is 0 Å². The minimum absolute atomic E-state index is 0.102. The number of hydrogen-bond donors (Lipinski definition) is 1. The minimum Gasteiger partial charge on any atom is -0.383 e. The summed E-state index contributed by atoms with van der Waals surface area (Å²) in [5.41, 5.74) is 0. The normalized spacial score (nSPS) is 14.8. The molecular weight excluding hydrogens is 166 g/mol. The van der Waals surface area contributed by atoms with Crippen LogP contribution in [0.3, 0.4) is 0 Å². The van der Waals surface area contributed by atoms with Gasteiger partial charge in [-0.15, -0.1) is 0 Å². The minimum atomic E-state index is -2.90. The van der Waals surface area contributed by atoms with Gasteiger partial charge in [0, 0.05) is 19.4 Å². The molecule has 5 heteroatoms. The molecule has 68 valence electrons. The van der Waals surface area contributed by atoms with Gasteiger partial charge in [0.2, 0.25) is 0 Å². The fourth-order valence-electron chi connectivity index (χ4n) is 0.781. The lowest BCUT2D eigenvalue weighted by Crippen LogP contribution is -2.36. The van der Waals surface area contributed by atoms with Gasteiger partial charge in [0.1, 0.15) is 9.84 Å². The molecule has 1 atom stereocenters. The molecule has 1 N–H and O–H groups in total. The topological polar surface area (TPSA) is 55.4 Å². The van der Waals surface area contributed by atoms with Gasteiger partial charge in [-0.3, -0.25) is 0 Å². The fourth-order valence-corrected chi connectivity index (χ4v) is 1.78. The maximum atomic E-state index is 10.8. The summed E-state index contributed by atoms with van der Waals surface area (Å²) in [4.78, 5) is 0. The van der Waals surface area contributed by atoms with E-state index in [9.17, 15) is 8.42 Å². The molecule has 0 aliphatic heterocycles. The molecule has 0 heterocycles. The molecule has 0 amide bonds. The third kappa shape index (κ3) is 6.28. The molecule has 0 aromatic carbocycles. The number of ether oxygens (including phenoxy) is 1. The SMILES string of the molecule is CNC(COC)CS(C)(=O)=O. The van der Waals surface area contributed by atoms with E-state index in [2.05, 4.69) is 5.32 Å². The highest BCUT2D eigenvalue weighted by atomic mass is 32.2. The Morgan fingerprint density at radius 2 is 2.09 bits per heavy atom. The van der Waals surface area contributed by atoms with E-state index in [4.69, 9.17) is 4.74 Å². The van der Waals surface area contributed by atoms with E-state index < -0.39 is 9.84 Å². The largest absolute Gasteiger partial charge is 0.383 e. The smallest absolute Gasteiger partial charge is 0.149 e. The Labute approximate surface area is 67.9 Å². The van der Waals surface area contributed by atoms with Crippen LogP contribution < -0.4 is 5.32 Å². The molecule has 0 bridgehead atoms. The summed E-state index contributed by atoms with van der Waals surface area (Å²) in [7, 11) is 0.365. The zero-order chi connectivity index (χ0) is 8.91. The lowest BCUT2D eigenvalue weighted by molar-refractivity contribution is 0.176. The molecular formula is C6H15NO3S. The Morgan fingerprint density at radius 3 is 2.36 bits per heavy atom. The number of likely N-dealkylation sites (N-methyl/N-ethyl adjacent to an activating group) is 1. The molecule has 11 heavy (non-hydrogen) atoms. The Balaban J connectivity index is 3.88. The molecule has 1 unspecified atom stereocenters. The van der Waals surface area contributed by atoms with Crippen LogP contribution in [0.4, 0.5) is 0 Å². The van der Waals surface area contributed by atoms with E-state index in [1.54, 1.807) is 14.2 Å². The molecule has 0 fully saturated rings. The molecule has 0 aliphatic rings. The second-order valence-electron chi connectivity index (χ2n) is 2.53. The Hall–Kier alpha value is -0.130. The number of rotatable bonds is 5. The molecule has 0 aromatic rings. The van der Waals surface area contributed by atoms with Gasteiger partial charge in [-0.25, -0.2) is 8.42 Å².